The van der Waals surface area contributed by atoms with Crippen molar-refractivity contribution in [3.63, 3.8) is 0 Å². The molecule has 2 aromatic rings. The maximum Gasteiger partial charge on any atom is 0.237 e. The summed E-state index contributed by atoms with van der Waals surface area (Å²) in [4.78, 5) is 12.1. The van der Waals surface area contributed by atoms with Crippen molar-refractivity contribution in [1.29, 1.82) is 0 Å². The average molecular weight is 288 g/mol. The molecule has 1 amide bonds. The van der Waals surface area contributed by atoms with E-state index < -0.39 is 6.04 Å². The number of thiophene rings is 1. The van der Waals surface area contributed by atoms with Gasteiger partial charge in [-0.05, 0) is 47.7 Å². The van der Waals surface area contributed by atoms with Crippen LogP contribution < -0.4 is 11.1 Å². The van der Waals surface area contributed by atoms with Crippen molar-refractivity contribution >= 4 is 17.2 Å². The summed E-state index contributed by atoms with van der Waals surface area (Å²) >= 11 is 1.67. The van der Waals surface area contributed by atoms with Gasteiger partial charge in [0.15, 0.2) is 0 Å². The van der Waals surface area contributed by atoms with E-state index in [1.165, 1.54) is 5.56 Å². The topological polar surface area (TPSA) is 55.1 Å². The molecule has 0 bridgehead atoms. The van der Waals surface area contributed by atoms with Crippen molar-refractivity contribution in [2.45, 2.75) is 31.8 Å². The van der Waals surface area contributed by atoms with Crippen molar-refractivity contribution in [1.82, 2.24) is 5.32 Å². The Morgan fingerprint density at radius 3 is 2.60 bits per heavy atom. The van der Waals surface area contributed by atoms with Gasteiger partial charge < -0.3 is 11.1 Å². The zero-order valence-corrected chi connectivity index (χ0v) is 12.4. The van der Waals surface area contributed by atoms with Crippen LogP contribution in [0.15, 0.2) is 47.2 Å². The Bertz CT molecular complexity index is 525. The summed E-state index contributed by atoms with van der Waals surface area (Å²) in [7, 11) is 0. The fourth-order valence-electron chi connectivity index (χ4n) is 2.12. The molecule has 4 heteroatoms. The van der Waals surface area contributed by atoms with Gasteiger partial charge in [-0.25, -0.2) is 0 Å². The largest absolute Gasteiger partial charge is 0.352 e. The fraction of sp³-hybridized carbons (Fsp3) is 0.312. The first kappa shape index (κ1) is 14.8. The van der Waals surface area contributed by atoms with Gasteiger partial charge in [0.25, 0.3) is 0 Å². The lowest BCUT2D eigenvalue weighted by molar-refractivity contribution is -0.122. The summed E-state index contributed by atoms with van der Waals surface area (Å²) in [6, 6.07) is 11.5. The number of carbonyl (C=O) groups is 1. The Balaban J connectivity index is 1.81. The summed E-state index contributed by atoms with van der Waals surface area (Å²) in [5, 5.41) is 7.13. The molecule has 0 spiro atoms. The first-order chi connectivity index (χ1) is 9.65. The van der Waals surface area contributed by atoms with Gasteiger partial charge in [-0.3, -0.25) is 4.79 Å². The summed E-state index contributed by atoms with van der Waals surface area (Å²) in [6.45, 7) is 2.00. The zero-order chi connectivity index (χ0) is 14.4. The molecular weight excluding hydrogens is 268 g/mol. The second-order valence-corrected chi connectivity index (χ2v) is 5.82. The summed E-state index contributed by atoms with van der Waals surface area (Å²) in [5.41, 5.74) is 8.29. The van der Waals surface area contributed by atoms with Gasteiger partial charge in [0.1, 0.15) is 0 Å². The van der Waals surface area contributed by atoms with E-state index in [-0.39, 0.29) is 11.9 Å². The van der Waals surface area contributed by atoms with Gasteiger partial charge in [0.05, 0.1) is 6.04 Å². The molecule has 0 aliphatic rings. The van der Waals surface area contributed by atoms with Crippen LogP contribution in [0.2, 0.25) is 0 Å². The molecule has 106 valence electrons. The predicted molar refractivity (Wildman–Crippen MR) is 83.7 cm³/mol. The van der Waals surface area contributed by atoms with Crippen LogP contribution in [-0.2, 0) is 17.6 Å². The van der Waals surface area contributed by atoms with E-state index in [1.807, 2.05) is 42.6 Å². The third kappa shape index (κ3) is 4.47. The highest BCUT2D eigenvalue weighted by Gasteiger charge is 2.16. The van der Waals surface area contributed by atoms with Gasteiger partial charge in [-0.2, -0.15) is 11.3 Å². The summed E-state index contributed by atoms with van der Waals surface area (Å²) < 4.78 is 0. The predicted octanol–water partition coefficient (Wildman–Crippen LogP) is 2.37. The third-order valence-corrected chi connectivity index (χ3v) is 3.88. The third-order valence-electron chi connectivity index (χ3n) is 3.15. The number of nitrogens with two attached hydrogens (primary N) is 1. The summed E-state index contributed by atoms with van der Waals surface area (Å²) in [6.07, 6.45) is 1.41. The minimum atomic E-state index is -0.498. The Hall–Kier alpha value is -1.65. The number of hydrogen-bond donors (Lipinski definition) is 2. The molecule has 1 heterocycles. The molecular formula is C16H20N2OS. The highest BCUT2D eigenvalue weighted by molar-refractivity contribution is 7.07. The standard InChI is InChI=1S/C16H20N2OS/c1-12(9-14-7-8-20-11-14)18-16(19)15(17)10-13-5-3-2-4-6-13/h2-8,11-12,15H,9-10,17H2,1H3,(H,18,19)/t12?,15-/m0/s1. The molecule has 20 heavy (non-hydrogen) atoms. The van der Waals surface area contributed by atoms with Gasteiger partial charge in [0, 0.05) is 6.04 Å². The number of rotatable bonds is 6. The van der Waals surface area contributed by atoms with E-state index in [4.69, 9.17) is 5.73 Å². The quantitative estimate of drug-likeness (QED) is 0.857. The molecule has 2 atom stereocenters. The van der Waals surface area contributed by atoms with E-state index in [0.29, 0.717) is 6.42 Å². The van der Waals surface area contributed by atoms with Gasteiger partial charge in [0.2, 0.25) is 5.91 Å². The number of hydrogen-bond acceptors (Lipinski definition) is 3. The molecule has 1 aromatic carbocycles. The number of nitrogens with one attached hydrogen (secondary N) is 1. The van der Waals surface area contributed by atoms with Gasteiger partial charge in [-0.15, -0.1) is 0 Å². The maximum absolute atomic E-state index is 12.1. The van der Waals surface area contributed by atoms with Gasteiger partial charge in [-0.1, -0.05) is 30.3 Å². The normalized spacial score (nSPS) is 13.7. The smallest absolute Gasteiger partial charge is 0.237 e. The lowest BCUT2D eigenvalue weighted by atomic mass is 10.1. The zero-order valence-electron chi connectivity index (χ0n) is 11.6. The Morgan fingerprint density at radius 2 is 1.95 bits per heavy atom. The van der Waals surface area contributed by atoms with E-state index >= 15 is 0 Å². The average Bonchev–Trinajstić information content (AvgIpc) is 2.92. The first-order valence-electron chi connectivity index (χ1n) is 6.76. The monoisotopic (exact) mass is 288 g/mol. The number of amides is 1. The molecule has 3 N–H and O–H groups in total. The number of carbonyl (C=O) groups excluding carboxylic acids is 1. The minimum Gasteiger partial charge on any atom is -0.352 e. The van der Waals surface area contributed by atoms with Crippen LogP contribution in [0.4, 0.5) is 0 Å². The second-order valence-electron chi connectivity index (χ2n) is 5.04. The van der Waals surface area contributed by atoms with E-state index in [1.54, 1.807) is 11.3 Å². The molecule has 0 fully saturated rings. The highest BCUT2D eigenvalue weighted by Crippen LogP contribution is 2.09. The minimum absolute atomic E-state index is 0.0865. The van der Waals surface area contributed by atoms with Crippen LogP contribution in [0.25, 0.3) is 0 Å². The van der Waals surface area contributed by atoms with Crippen molar-refractivity contribution in [2.75, 3.05) is 0 Å². The van der Waals surface area contributed by atoms with E-state index in [2.05, 4.69) is 16.8 Å². The molecule has 0 radical (unpaired) electrons. The van der Waals surface area contributed by atoms with E-state index in [9.17, 15) is 4.79 Å². The van der Waals surface area contributed by atoms with Crippen LogP contribution in [-0.4, -0.2) is 18.0 Å². The van der Waals surface area contributed by atoms with Crippen molar-refractivity contribution < 1.29 is 4.79 Å². The Morgan fingerprint density at radius 1 is 1.20 bits per heavy atom. The van der Waals surface area contributed by atoms with E-state index in [0.717, 1.165) is 12.0 Å². The van der Waals surface area contributed by atoms with Crippen molar-refractivity contribution in [3.05, 3.63) is 58.3 Å². The molecule has 1 aromatic heterocycles. The van der Waals surface area contributed by atoms with Crippen LogP contribution in [0, 0.1) is 0 Å². The molecule has 3 nitrogen and oxygen atoms in total. The second kappa shape index (κ2) is 7.22. The summed E-state index contributed by atoms with van der Waals surface area (Å²) in [5.74, 6) is -0.0865. The lowest BCUT2D eigenvalue weighted by Crippen LogP contribution is -2.46. The lowest BCUT2D eigenvalue weighted by Gasteiger charge is -2.17. The molecule has 1 unspecified atom stereocenters. The maximum atomic E-state index is 12.1. The van der Waals surface area contributed by atoms with Crippen LogP contribution in [0.5, 0.6) is 0 Å². The Labute approximate surface area is 123 Å². The SMILES string of the molecule is CC(Cc1ccsc1)NC(=O)[C@@H](N)Cc1ccccc1. The van der Waals surface area contributed by atoms with Crippen LogP contribution >= 0.6 is 11.3 Å². The van der Waals surface area contributed by atoms with Gasteiger partial charge >= 0.3 is 0 Å². The van der Waals surface area contributed by atoms with Crippen LogP contribution in [0.3, 0.4) is 0 Å². The first-order valence-corrected chi connectivity index (χ1v) is 7.70. The highest BCUT2D eigenvalue weighted by atomic mass is 32.1. The Kier molecular flexibility index (Phi) is 5.32. The molecule has 0 aliphatic heterocycles. The van der Waals surface area contributed by atoms with Crippen molar-refractivity contribution in [2.24, 2.45) is 5.73 Å². The molecule has 0 saturated carbocycles. The van der Waals surface area contributed by atoms with Crippen molar-refractivity contribution in [3.8, 4) is 0 Å². The molecule has 2 rings (SSSR count). The fourth-order valence-corrected chi connectivity index (χ4v) is 2.81. The number of benzene rings is 1. The van der Waals surface area contributed by atoms with Crippen LogP contribution in [0.1, 0.15) is 18.1 Å². The molecule has 0 aliphatic carbocycles. The molecule has 0 saturated heterocycles.